The number of anilines is 1. The lowest BCUT2D eigenvalue weighted by molar-refractivity contribution is 0.307. The Morgan fingerprint density at radius 1 is 1.21 bits per heavy atom. The fourth-order valence-corrected chi connectivity index (χ4v) is 2.06. The summed E-state index contributed by atoms with van der Waals surface area (Å²) in [5.41, 5.74) is 1.91. The van der Waals surface area contributed by atoms with E-state index in [-0.39, 0.29) is 11.3 Å². The molecule has 0 aliphatic rings. The molecule has 0 spiro atoms. The molecule has 0 saturated carbocycles. The van der Waals surface area contributed by atoms with Gasteiger partial charge in [0.25, 0.3) is 0 Å². The molecule has 1 aromatic heterocycles. The Hall–Kier alpha value is -3.76. The van der Waals surface area contributed by atoms with E-state index in [0.29, 0.717) is 18.0 Å². The minimum atomic E-state index is -0.282. The van der Waals surface area contributed by atoms with Crippen molar-refractivity contribution >= 4 is 5.69 Å². The van der Waals surface area contributed by atoms with Crippen LogP contribution in [-0.4, -0.2) is 9.78 Å². The van der Waals surface area contributed by atoms with Gasteiger partial charge in [-0.05, 0) is 19.1 Å². The Kier molecular flexibility index (Phi) is 5.18. The van der Waals surface area contributed by atoms with Gasteiger partial charge >= 0.3 is 0 Å². The van der Waals surface area contributed by atoms with Gasteiger partial charge in [-0.3, -0.25) is 4.68 Å². The molecule has 0 atom stereocenters. The van der Waals surface area contributed by atoms with Crippen molar-refractivity contribution in [3.8, 4) is 24.0 Å². The van der Waals surface area contributed by atoms with Gasteiger partial charge in [-0.2, -0.15) is 20.9 Å². The highest BCUT2D eigenvalue weighted by atomic mass is 16.5. The van der Waals surface area contributed by atoms with Crippen molar-refractivity contribution in [2.75, 3.05) is 5.32 Å². The molecule has 24 heavy (non-hydrogen) atoms. The van der Waals surface area contributed by atoms with E-state index < -0.39 is 0 Å². The van der Waals surface area contributed by atoms with Gasteiger partial charge in [-0.15, -0.1) is 0 Å². The minimum absolute atomic E-state index is 0.117. The van der Waals surface area contributed by atoms with Gasteiger partial charge in [0.1, 0.15) is 36.3 Å². The second kappa shape index (κ2) is 7.49. The normalized spacial score (nSPS) is 9.29. The second-order valence-corrected chi connectivity index (χ2v) is 4.91. The van der Waals surface area contributed by atoms with Crippen LogP contribution in [0.15, 0.2) is 41.7 Å². The van der Waals surface area contributed by atoms with Gasteiger partial charge in [0.15, 0.2) is 5.57 Å². The quantitative estimate of drug-likeness (QED) is 0.848. The van der Waals surface area contributed by atoms with Gasteiger partial charge in [-0.25, -0.2) is 0 Å². The zero-order valence-corrected chi connectivity index (χ0v) is 13.2. The van der Waals surface area contributed by atoms with E-state index in [1.54, 1.807) is 41.1 Å². The van der Waals surface area contributed by atoms with Crippen LogP contribution in [-0.2, 0) is 13.7 Å². The van der Waals surface area contributed by atoms with Gasteiger partial charge in [0, 0.05) is 18.8 Å². The summed E-state index contributed by atoms with van der Waals surface area (Å²) in [4.78, 5) is 0. The number of hydrogen-bond donors (Lipinski definition) is 1. The van der Waals surface area contributed by atoms with Crippen LogP contribution in [0.3, 0.4) is 0 Å². The predicted molar refractivity (Wildman–Crippen MR) is 86.2 cm³/mol. The van der Waals surface area contributed by atoms with Gasteiger partial charge in [-0.1, -0.05) is 12.1 Å². The van der Waals surface area contributed by atoms with Crippen LogP contribution in [0.2, 0.25) is 0 Å². The van der Waals surface area contributed by atoms with E-state index in [1.807, 2.05) is 26.2 Å². The van der Waals surface area contributed by atoms with Crippen LogP contribution in [0.4, 0.5) is 5.69 Å². The van der Waals surface area contributed by atoms with E-state index in [1.165, 1.54) is 0 Å². The van der Waals surface area contributed by atoms with E-state index in [0.717, 1.165) is 11.3 Å². The van der Waals surface area contributed by atoms with Crippen LogP contribution in [0.25, 0.3) is 0 Å². The molecule has 7 nitrogen and oxygen atoms in total. The maximum Gasteiger partial charge on any atom is 0.163 e. The SMILES string of the molecule is Cc1nn(C)cc1COc1ccccc1NC(C#N)=C(C#N)C#N. The van der Waals surface area contributed by atoms with Crippen LogP contribution in [0.1, 0.15) is 11.3 Å². The number of para-hydroxylation sites is 2. The standard InChI is InChI=1S/C17H14N6O/c1-12-14(10-23(2)22-12)11-24-17-6-4-3-5-15(17)21-16(9-20)13(7-18)8-19/h3-6,10,21H,11H2,1-2H3. The van der Waals surface area contributed by atoms with Crippen molar-refractivity contribution in [1.29, 1.82) is 15.8 Å². The first kappa shape index (κ1) is 16.6. The number of hydrogen-bond acceptors (Lipinski definition) is 6. The minimum Gasteiger partial charge on any atom is -0.487 e. The Morgan fingerprint density at radius 2 is 1.92 bits per heavy atom. The van der Waals surface area contributed by atoms with Crippen molar-refractivity contribution in [1.82, 2.24) is 9.78 Å². The van der Waals surface area contributed by atoms with E-state index in [9.17, 15) is 0 Å². The molecule has 2 aromatic rings. The molecule has 0 radical (unpaired) electrons. The third-order valence-electron chi connectivity index (χ3n) is 3.23. The van der Waals surface area contributed by atoms with E-state index in [2.05, 4.69) is 10.4 Å². The lowest BCUT2D eigenvalue weighted by Gasteiger charge is -2.12. The molecule has 1 heterocycles. The van der Waals surface area contributed by atoms with Crippen molar-refractivity contribution < 1.29 is 4.74 Å². The molecule has 118 valence electrons. The summed E-state index contributed by atoms with van der Waals surface area (Å²) in [7, 11) is 1.83. The van der Waals surface area contributed by atoms with Gasteiger partial charge in [0.2, 0.25) is 0 Å². The van der Waals surface area contributed by atoms with E-state index in [4.69, 9.17) is 20.5 Å². The number of allylic oxidation sites excluding steroid dienone is 2. The monoisotopic (exact) mass is 318 g/mol. The zero-order valence-electron chi connectivity index (χ0n) is 13.2. The number of nitrogens with zero attached hydrogens (tertiary/aromatic N) is 5. The average molecular weight is 318 g/mol. The summed E-state index contributed by atoms with van der Waals surface area (Å²) >= 11 is 0. The van der Waals surface area contributed by atoms with E-state index >= 15 is 0 Å². The first-order chi connectivity index (χ1) is 11.6. The van der Waals surface area contributed by atoms with Crippen LogP contribution in [0, 0.1) is 40.9 Å². The average Bonchev–Trinajstić information content (AvgIpc) is 2.91. The van der Waals surface area contributed by atoms with Crippen LogP contribution < -0.4 is 10.1 Å². The highest BCUT2D eigenvalue weighted by molar-refractivity contribution is 5.64. The fraction of sp³-hybridized carbons (Fsp3) is 0.176. The zero-order chi connectivity index (χ0) is 17.5. The van der Waals surface area contributed by atoms with Gasteiger partial charge < -0.3 is 10.1 Å². The summed E-state index contributed by atoms with van der Waals surface area (Å²) in [6.07, 6.45) is 1.87. The number of benzene rings is 1. The summed E-state index contributed by atoms with van der Waals surface area (Å²) in [6.45, 7) is 2.21. The maximum atomic E-state index is 9.13. The molecule has 0 bridgehead atoms. The largest absolute Gasteiger partial charge is 0.487 e. The molecule has 0 amide bonds. The predicted octanol–water partition coefficient (Wildman–Crippen LogP) is 2.54. The Bertz CT molecular complexity index is 888. The second-order valence-electron chi connectivity index (χ2n) is 4.91. The summed E-state index contributed by atoms with van der Waals surface area (Å²) in [5, 5.41) is 34.0. The van der Waals surface area contributed by atoms with Crippen LogP contribution >= 0.6 is 0 Å². The Balaban J connectivity index is 2.24. The Labute approximate surface area is 139 Å². The van der Waals surface area contributed by atoms with Crippen LogP contribution in [0.5, 0.6) is 5.75 Å². The molecule has 0 fully saturated rings. The molecule has 1 N–H and O–H groups in total. The molecule has 0 aliphatic carbocycles. The number of nitriles is 3. The van der Waals surface area contributed by atoms with Crippen molar-refractivity contribution in [3.05, 3.63) is 53.0 Å². The number of aromatic nitrogens is 2. The topological polar surface area (TPSA) is 110 Å². The number of aryl methyl sites for hydroxylation is 2. The molecular formula is C17H14N6O. The lowest BCUT2D eigenvalue weighted by atomic mass is 10.2. The Morgan fingerprint density at radius 3 is 2.50 bits per heavy atom. The first-order valence-corrected chi connectivity index (χ1v) is 7.01. The number of nitrogens with one attached hydrogen (secondary N) is 1. The molecule has 0 saturated heterocycles. The lowest BCUT2D eigenvalue weighted by Crippen LogP contribution is -2.04. The summed E-state index contributed by atoms with van der Waals surface area (Å²) in [5.74, 6) is 0.503. The summed E-state index contributed by atoms with van der Waals surface area (Å²) < 4.78 is 7.51. The third-order valence-corrected chi connectivity index (χ3v) is 3.23. The molecule has 2 rings (SSSR count). The van der Waals surface area contributed by atoms with Crippen molar-refractivity contribution in [2.45, 2.75) is 13.5 Å². The van der Waals surface area contributed by atoms with Gasteiger partial charge in [0.05, 0.1) is 11.4 Å². The molecule has 1 aromatic carbocycles. The first-order valence-electron chi connectivity index (χ1n) is 7.01. The number of ether oxygens (including phenoxy) is 1. The summed E-state index contributed by atoms with van der Waals surface area (Å²) in [6, 6.07) is 12.2. The smallest absolute Gasteiger partial charge is 0.163 e. The van der Waals surface area contributed by atoms with Crippen molar-refractivity contribution in [3.63, 3.8) is 0 Å². The number of rotatable bonds is 5. The fourth-order valence-electron chi connectivity index (χ4n) is 2.06. The highest BCUT2D eigenvalue weighted by Crippen LogP contribution is 2.26. The molecule has 0 unspecified atom stereocenters. The van der Waals surface area contributed by atoms with Crippen molar-refractivity contribution in [2.24, 2.45) is 7.05 Å². The molecule has 0 aliphatic heterocycles. The molecule has 7 heteroatoms. The maximum absolute atomic E-state index is 9.13. The third kappa shape index (κ3) is 3.71. The highest BCUT2D eigenvalue weighted by Gasteiger charge is 2.11. The molecular weight excluding hydrogens is 304 g/mol.